The number of nitrogens with zero attached hydrogens (tertiary/aromatic N) is 4. The first-order chi connectivity index (χ1) is 5.27. The summed E-state index contributed by atoms with van der Waals surface area (Å²) in [4.78, 5) is 7.36. The molecule has 0 bridgehead atoms. The third-order valence-electron chi connectivity index (χ3n) is 1.18. The van der Waals surface area contributed by atoms with Gasteiger partial charge < -0.3 is 0 Å². The number of aryl methyl sites for hydroxylation is 1. The van der Waals surface area contributed by atoms with Crippen molar-refractivity contribution in [2.75, 3.05) is 0 Å². The van der Waals surface area contributed by atoms with Gasteiger partial charge in [-0.05, 0) is 6.92 Å². The number of hydrogen-bond donors (Lipinski definition) is 0. The fourth-order valence-electron chi connectivity index (χ4n) is 0.609. The molecule has 1 rings (SSSR count). The van der Waals surface area contributed by atoms with Crippen molar-refractivity contribution in [2.24, 2.45) is 0 Å². The van der Waals surface area contributed by atoms with E-state index in [2.05, 4.69) is 9.97 Å². The van der Waals surface area contributed by atoms with Crippen LogP contribution in [0.4, 0.5) is 0 Å². The van der Waals surface area contributed by atoms with Gasteiger partial charge in [0.15, 0.2) is 0 Å². The highest BCUT2D eigenvalue weighted by atomic mass is 14.9. The molecule has 1 heterocycles. The molecule has 1 aromatic rings. The first-order valence-corrected chi connectivity index (χ1v) is 2.91. The monoisotopic (exact) mass is 144 g/mol. The van der Waals surface area contributed by atoms with Crippen LogP contribution in [-0.2, 0) is 0 Å². The van der Waals surface area contributed by atoms with E-state index < -0.39 is 0 Å². The van der Waals surface area contributed by atoms with Crippen molar-refractivity contribution in [3.8, 4) is 12.1 Å². The van der Waals surface area contributed by atoms with Gasteiger partial charge in [-0.25, -0.2) is 9.97 Å². The average molecular weight is 144 g/mol. The van der Waals surface area contributed by atoms with Crippen LogP contribution in [0.2, 0.25) is 0 Å². The Morgan fingerprint density at radius 2 is 2.09 bits per heavy atom. The van der Waals surface area contributed by atoms with Gasteiger partial charge >= 0.3 is 0 Å². The average Bonchev–Trinajstić information content (AvgIpc) is 2.05. The number of rotatable bonds is 0. The standard InChI is InChI=1S/C7H4N4/c1-5-4-10-7(3-9)11-6(5)2-8/h4H,1H3. The second kappa shape index (κ2) is 2.76. The molecule has 1 aromatic heterocycles. The highest BCUT2D eigenvalue weighted by Gasteiger charge is 2.00. The van der Waals surface area contributed by atoms with Crippen LogP contribution in [0.25, 0.3) is 0 Å². The van der Waals surface area contributed by atoms with Crippen LogP contribution >= 0.6 is 0 Å². The van der Waals surface area contributed by atoms with E-state index in [-0.39, 0.29) is 11.5 Å². The number of hydrogen-bond acceptors (Lipinski definition) is 4. The van der Waals surface area contributed by atoms with Crippen molar-refractivity contribution in [1.82, 2.24) is 9.97 Å². The Bertz CT molecular complexity index is 356. The maximum Gasteiger partial charge on any atom is 0.233 e. The summed E-state index contributed by atoms with van der Waals surface area (Å²) in [6.45, 7) is 1.72. The molecule has 0 aliphatic carbocycles. The molecule has 0 amide bonds. The summed E-state index contributed by atoms with van der Waals surface area (Å²) < 4.78 is 0. The zero-order chi connectivity index (χ0) is 8.27. The highest BCUT2D eigenvalue weighted by Crippen LogP contribution is 2.00. The smallest absolute Gasteiger partial charge is 0.227 e. The molecule has 0 spiro atoms. The Labute approximate surface area is 63.8 Å². The first kappa shape index (κ1) is 7.17. The molecule has 0 fully saturated rings. The predicted molar refractivity (Wildman–Crippen MR) is 36.2 cm³/mol. The molecule has 0 aliphatic heterocycles. The molecular formula is C7H4N4. The minimum atomic E-state index is 0.0344. The minimum Gasteiger partial charge on any atom is -0.227 e. The van der Waals surface area contributed by atoms with Gasteiger partial charge in [0, 0.05) is 11.8 Å². The summed E-state index contributed by atoms with van der Waals surface area (Å²) >= 11 is 0. The zero-order valence-corrected chi connectivity index (χ0v) is 5.87. The van der Waals surface area contributed by atoms with Crippen molar-refractivity contribution < 1.29 is 0 Å². The Balaban J connectivity index is 3.29. The molecule has 0 radical (unpaired) electrons. The maximum absolute atomic E-state index is 8.49. The Morgan fingerprint density at radius 3 is 2.64 bits per heavy atom. The molecule has 0 aliphatic rings. The highest BCUT2D eigenvalue weighted by molar-refractivity contribution is 5.29. The minimum absolute atomic E-state index is 0.0344. The van der Waals surface area contributed by atoms with Gasteiger partial charge in [0.25, 0.3) is 0 Å². The molecule has 52 valence electrons. The number of nitriles is 2. The SMILES string of the molecule is Cc1cnc(C#N)nc1C#N. The second-order valence-corrected chi connectivity index (χ2v) is 1.95. The molecule has 0 saturated heterocycles. The molecule has 0 aromatic carbocycles. The van der Waals surface area contributed by atoms with Crippen LogP contribution in [0.5, 0.6) is 0 Å². The fraction of sp³-hybridized carbons (Fsp3) is 0.143. The van der Waals surface area contributed by atoms with Gasteiger partial charge in [-0.1, -0.05) is 0 Å². The quantitative estimate of drug-likeness (QED) is 0.532. The summed E-state index contributed by atoms with van der Waals surface area (Å²) in [5.41, 5.74) is 0.947. The summed E-state index contributed by atoms with van der Waals surface area (Å²) in [6.07, 6.45) is 1.46. The van der Waals surface area contributed by atoms with Gasteiger partial charge in [0.05, 0.1) is 0 Å². The number of aromatic nitrogens is 2. The van der Waals surface area contributed by atoms with Crippen molar-refractivity contribution in [3.63, 3.8) is 0 Å². The van der Waals surface area contributed by atoms with Crippen molar-refractivity contribution >= 4 is 0 Å². The predicted octanol–water partition coefficient (Wildman–Crippen LogP) is 0.528. The molecule has 0 saturated carbocycles. The van der Waals surface area contributed by atoms with E-state index in [4.69, 9.17) is 10.5 Å². The lowest BCUT2D eigenvalue weighted by atomic mass is 10.3. The molecular weight excluding hydrogens is 140 g/mol. The lowest BCUT2D eigenvalue weighted by Gasteiger charge is -1.92. The van der Waals surface area contributed by atoms with Crippen molar-refractivity contribution in [1.29, 1.82) is 10.5 Å². The van der Waals surface area contributed by atoms with E-state index in [1.54, 1.807) is 13.0 Å². The Hall–Kier alpha value is -1.94. The summed E-state index contributed by atoms with van der Waals surface area (Å²) in [7, 11) is 0. The fourth-order valence-corrected chi connectivity index (χ4v) is 0.609. The van der Waals surface area contributed by atoms with Gasteiger partial charge in [-0.15, -0.1) is 0 Å². The summed E-state index contributed by atoms with van der Waals surface area (Å²) in [6, 6.07) is 3.62. The first-order valence-electron chi connectivity index (χ1n) is 2.91. The third kappa shape index (κ3) is 1.31. The zero-order valence-electron chi connectivity index (χ0n) is 5.87. The van der Waals surface area contributed by atoms with Crippen LogP contribution < -0.4 is 0 Å². The van der Waals surface area contributed by atoms with E-state index in [9.17, 15) is 0 Å². The summed E-state index contributed by atoms with van der Waals surface area (Å²) in [5, 5.41) is 16.9. The molecule has 0 atom stereocenters. The third-order valence-corrected chi connectivity index (χ3v) is 1.18. The molecule has 4 heteroatoms. The maximum atomic E-state index is 8.49. The molecule has 11 heavy (non-hydrogen) atoms. The lowest BCUT2D eigenvalue weighted by molar-refractivity contribution is 1.06. The summed E-state index contributed by atoms with van der Waals surface area (Å²) in [5.74, 6) is 0.0344. The second-order valence-electron chi connectivity index (χ2n) is 1.95. The topological polar surface area (TPSA) is 73.4 Å². The van der Waals surface area contributed by atoms with Gasteiger partial charge in [-0.3, -0.25) is 0 Å². The van der Waals surface area contributed by atoms with Gasteiger partial charge in [0.2, 0.25) is 5.82 Å². The van der Waals surface area contributed by atoms with E-state index >= 15 is 0 Å². The lowest BCUT2D eigenvalue weighted by Crippen LogP contribution is -1.94. The van der Waals surface area contributed by atoms with Crippen LogP contribution in [0.3, 0.4) is 0 Å². The van der Waals surface area contributed by atoms with Crippen LogP contribution in [-0.4, -0.2) is 9.97 Å². The van der Waals surface area contributed by atoms with E-state index in [1.807, 2.05) is 6.07 Å². The van der Waals surface area contributed by atoms with E-state index in [0.29, 0.717) is 5.56 Å². The van der Waals surface area contributed by atoms with Crippen molar-refractivity contribution in [3.05, 3.63) is 23.3 Å². The largest absolute Gasteiger partial charge is 0.233 e. The normalized spacial score (nSPS) is 8.27. The van der Waals surface area contributed by atoms with E-state index in [0.717, 1.165) is 0 Å². The Morgan fingerprint density at radius 1 is 1.36 bits per heavy atom. The van der Waals surface area contributed by atoms with Crippen LogP contribution in [0.15, 0.2) is 6.20 Å². The Kier molecular flexibility index (Phi) is 1.80. The van der Waals surface area contributed by atoms with Crippen molar-refractivity contribution in [2.45, 2.75) is 6.92 Å². The molecule has 0 unspecified atom stereocenters. The van der Waals surface area contributed by atoms with Gasteiger partial charge in [-0.2, -0.15) is 10.5 Å². The van der Waals surface area contributed by atoms with Gasteiger partial charge in [0.1, 0.15) is 17.8 Å². The molecule has 0 N–H and O–H groups in total. The van der Waals surface area contributed by atoms with Crippen LogP contribution in [0.1, 0.15) is 17.1 Å². The van der Waals surface area contributed by atoms with Crippen LogP contribution in [0, 0.1) is 29.6 Å². The molecule has 4 nitrogen and oxygen atoms in total. The van der Waals surface area contributed by atoms with E-state index in [1.165, 1.54) is 6.20 Å².